The number of aliphatic hydroxyl groups is 3. The number of rotatable bonds is 8. The maximum atomic E-state index is 13.6. The summed E-state index contributed by atoms with van der Waals surface area (Å²) in [7, 11) is 2.07. The highest BCUT2D eigenvalue weighted by Gasteiger charge is 2.48. The number of likely N-dealkylation sites (N-methyl/N-ethyl adjacent to an activating group) is 1. The number of hydrogen-bond donors (Lipinski definition) is 6. The lowest BCUT2D eigenvalue weighted by molar-refractivity contribution is -0.271. The van der Waals surface area contributed by atoms with Crippen LogP contribution in [0.2, 0.25) is 10.0 Å². The van der Waals surface area contributed by atoms with Gasteiger partial charge in [0.15, 0.2) is 6.10 Å². The summed E-state index contributed by atoms with van der Waals surface area (Å²) >= 11 is 12.2. The Bertz CT molecular complexity index is 1610. The molecule has 1 aromatic heterocycles. The van der Waals surface area contributed by atoms with Gasteiger partial charge in [0, 0.05) is 48.2 Å². The second-order valence-electron chi connectivity index (χ2n) is 11.1. The number of pyridine rings is 1. The Morgan fingerprint density at radius 1 is 0.894 bits per heavy atom. The van der Waals surface area contributed by atoms with E-state index in [0.717, 1.165) is 38.3 Å². The number of carboxylic acid groups (broad SMARTS) is 1. The van der Waals surface area contributed by atoms with Gasteiger partial charge in [-0.1, -0.05) is 23.2 Å². The van der Waals surface area contributed by atoms with Crippen molar-refractivity contribution in [2.45, 2.75) is 37.1 Å². The highest BCUT2D eigenvalue weighted by Crippen LogP contribution is 2.36. The van der Waals surface area contributed by atoms with Crippen LogP contribution in [-0.4, -0.2) is 112 Å². The lowest BCUT2D eigenvalue weighted by atomic mass is 9.99. The number of halogens is 2. The monoisotopic (exact) mass is 689 g/mol. The summed E-state index contributed by atoms with van der Waals surface area (Å²) in [4.78, 5) is 47.3. The number of hydrogen-bond acceptors (Lipinski definition) is 11. The van der Waals surface area contributed by atoms with Gasteiger partial charge in [0.25, 0.3) is 11.8 Å². The molecule has 0 unspecified atom stereocenters. The molecule has 3 aromatic rings. The van der Waals surface area contributed by atoms with Gasteiger partial charge in [-0.25, -0.2) is 9.78 Å². The zero-order chi connectivity index (χ0) is 33.8. The van der Waals surface area contributed by atoms with E-state index in [9.17, 15) is 34.8 Å². The van der Waals surface area contributed by atoms with Crippen LogP contribution in [0, 0.1) is 0 Å². The minimum Gasteiger partial charge on any atom is -0.479 e. The second-order valence-corrected chi connectivity index (χ2v) is 12.0. The highest BCUT2D eigenvalue weighted by molar-refractivity contribution is 6.32. The van der Waals surface area contributed by atoms with Gasteiger partial charge >= 0.3 is 5.97 Å². The predicted octanol–water partition coefficient (Wildman–Crippen LogP) is 2.31. The highest BCUT2D eigenvalue weighted by atomic mass is 35.5. The first-order valence-electron chi connectivity index (χ1n) is 14.6. The Morgan fingerprint density at radius 3 is 2.32 bits per heavy atom. The summed E-state index contributed by atoms with van der Waals surface area (Å²) in [5.74, 6) is -3.21. The number of carbonyl (C=O) groups excluding carboxylic acids is 2. The number of aromatic nitrogens is 1. The Labute approximate surface area is 279 Å². The maximum absolute atomic E-state index is 13.6. The van der Waals surface area contributed by atoms with E-state index in [4.69, 9.17) is 32.7 Å². The Balaban J connectivity index is 1.46. The molecule has 2 saturated heterocycles. The fraction of sp³-hybridized carbons (Fsp3) is 0.355. The number of carboxylic acids is 1. The van der Waals surface area contributed by atoms with Crippen LogP contribution < -0.4 is 20.3 Å². The lowest BCUT2D eigenvalue weighted by Crippen LogP contribution is -2.61. The van der Waals surface area contributed by atoms with Crippen molar-refractivity contribution in [1.82, 2.24) is 9.88 Å². The number of anilines is 3. The van der Waals surface area contributed by atoms with Crippen molar-refractivity contribution in [2.24, 2.45) is 0 Å². The summed E-state index contributed by atoms with van der Waals surface area (Å²) in [6.07, 6.45) is -7.36. The second kappa shape index (κ2) is 14.8. The smallest absolute Gasteiger partial charge is 0.335 e. The Hall–Kier alpha value is -4.02. The summed E-state index contributed by atoms with van der Waals surface area (Å²) in [5.41, 5.74) is 0.781. The van der Waals surface area contributed by atoms with Crippen LogP contribution in [0.5, 0.6) is 5.75 Å². The molecule has 5 rings (SSSR count). The quantitative estimate of drug-likeness (QED) is 0.202. The number of nitrogens with zero attached hydrogens (tertiary/aromatic N) is 3. The van der Waals surface area contributed by atoms with Crippen LogP contribution in [0.4, 0.5) is 17.2 Å². The summed E-state index contributed by atoms with van der Waals surface area (Å²) in [6.45, 7) is 3.59. The first kappa shape index (κ1) is 34.3. The van der Waals surface area contributed by atoms with E-state index >= 15 is 0 Å². The predicted molar refractivity (Wildman–Crippen MR) is 172 cm³/mol. The third-order valence-corrected chi connectivity index (χ3v) is 8.23. The Kier molecular flexibility index (Phi) is 10.8. The van der Waals surface area contributed by atoms with Crippen LogP contribution in [0.3, 0.4) is 0 Å². The normalized spacial score (nSPS) is 23.4. The van der Waals surface area contributed by atoms with Gasteiger partial charge in [0.1, 0.15) is 29.9 Å². The third-order valence-electron chi connectivity index (χ3n) is 7.79. The minimum absolute atomic E-state index is 0.0414. The first-order chi connectivity index (χ1) is 22.4. The molecule has 0 spiro atoms. The van der Waals surface area contributed by atoms with E-state index < -0.39 is 48.5 Å². The van der Waals surface area contributed by atoms with E-state index in [1.54, 1.807) is 12.1 Å². The van der Waals surface area contributed by atoms with Gasteiger partial charge in [-0.3, -0.25) is 9.59 Å². The molecule has 2 aliphatic heterocycles. The molecule has 6 N–H and O–H groups in total. The van der Waals surface area contributed by atoms with E-state index in [0.29, 0.717) is 5.02 Å². The van der Waals surface area contributed by atoms with Crippen LogP contribution in [0.1, 0.15) is 27.1 Å². The van der Waals surface area contributed by atoms with Crippen LogP contribution in [-0.2, 0) is 9.53 Å². The molecule has 0 saturated carbocycles. The number of nitrogens with one attached hydrogen (secondary N) is 2. The topological polar surface area (TPSA) is 194 Å². The van der Waals surface area contributed by atoms with Crippen molar-refractivity contribution in [3.05, 3.63) is 75.9 Å². The standard InChI is InChI=1S/C31H33Cl2N5O9/c1-37-9-2-10-38(12-11-37)19-6-3-16(4-7-19)28(42)36-23-20(29(43)35-22-8-5-17(32)15-34-22)13-18(33)14-21(23)46-31-26(41)24(39)25(40)27(47-31)30(44)45/h3-8,13-15,24-27,31,39-41H,2,9-12H2,1H3,(H,36,42)(H,44,45)(H,34,35,43)/t24-,25-,26+,27-,31+/m0/s1. The maximum Gasteiger partial charge on any atom is 0.335 e. The molecule has 0 bridgehead atoms. The molecular formula is C31H33Cl2N5O9. The fourth-order valence-corrected chi connectivity index (χ4v) is 5.52. The van der Waals surface area contributed by atoms with Gasteiger partial charge in [0.05, 0.1) is 16.3 Å². The fourth-order valence-electron chi connectivity index (χ4n) is 5.20. The van der Waals surface area contributed by atoms with Crippen LogP contribution in [0.25, 0.3) is 0 Å². The molecular weight excluding hydrogens is 657 g/mol. The molecule has 2 aromatic carbocycles. The van der Waals surface area contributed by atoms with Crippen molar-refractivity contribution in [3.8, 4) is 5.75 Å². The van der Waals surface area contributed by atoms with Gasteiger partial charge in [-0.2, -0.15) is 0 Å². The zero-order valence-corrected chi connectivity index (χ0v) is 26.6. The van der Waals surface area contributed by atoms with Crippen molar-refractivity contribution >= 4 is 58.2 Å². The number of aliphatic hydroxyl groups excluding tert-OH is 3. The SMILES string of the molecule is CN1CCCN(c2ccc(C(=O)Nc3c(O[C@@H]4O[C@H](C(=O)O)[C@@H](O)[C@H](O)[C@H]4O)cc(Cl)cc3C(=O)Nc3ccc(Cl)cn3)cc2)CC1. The van der Waals surface area contributed by atoms with E-state index in [-0.39, 0.29) is 33.4 Å². The number of amides is 2. The van der Waals surface area contributed by atoms with Crippen molar-refractivity contribution in [3.63, 3.8) is 0 Å². The Morgan fingerprint density at radius 2 is 1.64 bits per heavy atom. The van der Waals surface area contributed by atoms with Gasteiger partial charge in [0.2, 0.25) is 6.29 Å². The van der Waals surface area contributed by atoms with Gasteiger partial charge < -0.3 is 50.3 Å². The molecule has 5 atom stereocenters. The lowest BCUT2D eigenvalue weighted by Gasteiger charge is -2.38. The molecule has 14 nitrogen and oxygen atoms in total. The number of carbonyl (C=O) groups is 3. The molecule has 16 heteroatoms. The third kappa shape index (κ3) is 8.11. The van der Waals surface area contributed by atoms with Gasteiger partial charge in [-0.15, -0.1) is 0 Å². The largest absolute Gasteiger partial charge is 0.479 e. The van der Waals surface area contributed by atoms with Crippen LogP contribution in [0.15, 0.2) is 54.7 Å². The molecule has 2 aliphatic rings. The number of ether oxygens (including phenoxy) is 2. The molecule has 2 fully saturated rings. The molecule has 2 amide bonds. The summed E-state index contributed by atoms with van der Waals surface area (Å²) in [6, 6.07) is 12.3. The molecule has 0 radical (unpaired) electrons. The zero-order valence-electron chi connectivity index (χ0n) is 25.0. The van der Waals surface area contributed by atoms with E-state index in [1.165, 1.54) is 30.5 Å². The first-order valence-corrected chi connectivity index (χ1v) is 15.4. The molecule has 47 heavy (non-hydrogen) atoms. The summed E-state index contributed by atoms with van der Waals surface area (Å²) < 4.78 is 11.0. The number of aliphatic carboxylic acids is 1. The van der Waals surface area contributed by atoms with Crippen molar-refractivity contribution < 1.29 is 44.3 Å². The average molecular weight is 691 g/mol. The van der Waals surface area contributed by atoms with E-state index in [1.807, 2.05) is 12.1 Å². The molecule has 3 heterocycles. The van der Waals surface area contributed by atoms with Gasteiger partial charge in [-0.05, 0) is 62.5 Å². The van der Waals surface area contributed by atoms with Crippen LogP contribution >= 0.6 is 23.2 Å². The minimum atomic E-state index is -1.97. The summed E-state index contributed by atoms with van der Waals surface area (Å²) in [5, 5.41) is 45.9. The van der Waals surface area contributed by atoms with Crippen molar-refractivity contribution in [1.29, 1.82) is 0 Å². The van der Waals surface area contributed by atoms with E-state index in [2.05, 4.69) is 32.5 Å². The van der Waals surface area contributed by atoms with Crippen molar-refractivity contribution in [2.75, 3.05) is 48.8 Å². The molecule has 0 aliphatic carbocycles. The average Bonchev–Trinajstić information content (AvgIpc) is 3.27. The molecule has 250 valence electrons. The number of benzene rings is 2.